The number of piperidine rings is 1. The van der Waals surface area contributed by atoms with Gasteiger partial charge in [0.1, 0.15) is 5.75 Å². The Bertz CT molecular complexity index is 459. The Labute approximate surface area is 126 Å². The van der Waals surface area contributed by atoms with Crippen molar-refractivity contribution in [1.82, 2.24) is 10.2 Å². The Morgan fingerprint density at radius 2 is 2.29 bits per heavy atom. The lowest BCUT2D eigenvalue weighted by Gasteiger charge is -2.33. The summed E-state index contributed by atoms with van der Waals surface area (Å²) < 4.78 is 5.26. The van der Waals surface area contributed by atoms with Gasteiger partial charge in [-0.15, -0.1) is 0 Å². The van der Waals surface area contributed by atoms with Gasteiger partial charge >= 0.3 is 0 Å². The van der Waals surface area contributed by atoms with Gasteiger partial charge in [-0.25, -0.2) is 0 Å². The summed E-state index contributed by atoms with van der Waals surface area (Å²) in [5.74, 6) is 0.695. The molecule has 21 heavy (non-hydrogen) atoms. The number of hydrogen-bond donors (Lipinski definition) is 2. The average molecular weight is 291 g/mol. The maximum atomic E-state index is 12.3. The number of rotatable bonds is 6. The summed E-state index contributed by atoms with van der Waals surface area (Å²) in [7, 11) is 1.61. The first-order valence-electron chi connectivity index (χ1n) is 7.62. The number of nitrogens with zero attached hydrogens (tertiary/aromatic N) is 1. The standard InChI is InChI=1S/C16H25N3O2/c1-3-19(13-7-6-10-17-11-13)12-16(20)18-14-8-4-5-9-15(14)21-2/h4-5,8-9,13,17H,3,6-7,10-12H2,1-2H3,(H,18,20). The molecule has 5 heteroatoms. The number of amides is 1. The molecule has 1 atom stereocenters. The van der Waals surface area contributed by atoms with E-state index in [-0.39, 0.29) is 5.91 Å². The number of anilines is 1. The topological polar surface area (TPSA) is 53.6 Å². The number of carbonyl (C=O) groups excluding carboxylic acids is 1. The summed E-state index contributed by atoms with van der Waals surface area (Å²) in [6.07, 6.45) is 2.33. The molecule has 1 heterocycles. The van der Waals surface area contributed by atoms with Crippen LogP contribution in [0.15, 0.2) is 24.3 Å². The Balaban J connectivity index is 1.93. The fourth-order valence-corrected chi connectivity index (χ4v) is 2.77. The third kappa shape index (κ3) is 4.44. The van der Waals surface area contributed by atoms with Gasteiger partial charge in [-0.1, -0.05) is 19.1 Å². The van der Waals surface area contributed by atoms with Gasteiger partial charge in [0, 0.05) is 12.6 Å². The van der Waals surface area contributed by atoms with E-state index in [2.05, 4.69) is 22.5 Å². The molecule has 0 radical (unpaired) electrons. The molecule has 0 saturated carbocycles. The van der Waals surface area contributed by atoms with Crippen molar-refractivity contribution in [3.05, 3.63) is 24.3 Å². The first-order chi connectivity index (χ1) is 10.2. The molecular formula is C16H25N3O2. The van der Waals surface area contributed by atoms with E-state index in [9.17, 15) is 4.79 Å². The van der Waals surface area contributed by atoms with E-state index in [0.717, 1.165) is 31.7 Å². The number of methoxy groups -OCH3 is 1. The van der Waals surface area contributed by atoms with Crippen LogP contribution in [0.3, 0.4) is 0 Å². The molecular weight excluding hydrogens is 266 g/mol. The SMILES string of the molecule is CCN(CC(=O)Nc1ccccc1OC)C1CCCNC1. The van der Waals surface area contributed by atoms with Crippen LogP contribution in [0.25, 0.3) is 0 Å². The quantitative estimate of drug-likeness (QED) is 0.838. The second-order valence-electron chi connectivity index (χ2n) is 5.31. The van der Waals surface area contributed by atoms with Gasteiger partial charge in [0.15, 0.2) is 0 Å². The van der Waals surface area contributed by atoms with Crippen LogP contribution in [0.5, 0.6) is 5.75 Å². The van der Waals surface area contributed by atoms with Crippen molar-refractivity contribution in [3.8, 4) is 5.75 Å². The van der Waals surface area contributed by atoms with E-state index >= 15 is 0 Å². The summed E-state index contributed by atoms with van der Waals surface area (Å²) in [6, 6.07) is 7.93. The van der Waals surface area contributed by atoms with Gasteiger partial charge in [-0.05, 0) is 38.1 Å². The van der Waals surface area contributed by atoms with Crippen LogP contribution in [0.2, 0.25) is 0 Å². The van der Waals surface area contributed by atoms with Gasteiger partial charge in [0.05, 0.1) is 19.3 Å². The molecule has 0 aliphatic carbocycles. The highest BCUT2D eigenvalue weighted by Gasteiger charge is 2.21. The lowest BCUT2D eigenvalue weighted by Crippen LogP contribution is -2.48. The van der Waals surface area contributed by atoms with Crippen molar-refractivity contribution in [2.24, 2.45) is 0 Å². The molecule has 2 rings (SSSR count). The second kappa shape index (κ2) is 8.00. The minimum atomic E-state index is 0.00641. The first-order valence-corrected chi connectivity index (χ1v) is 7.62. The number of benzene rings is 1. The summed E-state index contributed by atoms with van der Waals surface area (Å²) >= 11 is 0. The molecule has 1 aromatic rings. The van der Waals surface area contributed by atoms with Crippen molar-refractivity contribution >= 4 is 11.6 Å². The highest BCUT2D eigenvalue weighted by atomic mass is 16.5. The molecule has 0 spiro atoms. The maximum absolute atomic E-state index is 12.3. The van der Waals surface area contributed by atoms with Crippen molar-refractivity contribution in [1.29, 1.82) is 0 Å². The zero-order chi connectivity index (χ0) is 15.1. The largest absolute Gasteiger partial charge is 0.495 e. The zero-order valence-corrected chi connectivity index (χ0v) is 12.9. The summed E-state index contributed by atoms with van der Waals surface area (Å²) in [6.45, 7) is 5.45. The molecule has 0 bridgehead atoms. The van der Waals surface area contributed by atoms with Gasteiger partial charge in [-0.3, -0.25) is 9.69 Å². The van der Waals surface area contributed by atoms with Crippen LogP contribution in [0.4, 0.5) is 5.69 Å². The lowest BCUT2D eigenvalue weighted by atomic mass is 10.1. The van der Waals surface area contributed by atoms with E-state index in [1.807, 2.05) is 24.3 Å². The van der Waals surface area contributed by atoms with Crippen LogP contribution in [-0.2, 0) is 4.79 Å². The van der Waals surface area contributed by atoms with Gasteiger partial charge in [0.25, 0.3) is 0 Å². The van der Waals surface area contributed by atoms with Crippen molar-refractivity contribution in [3.63, 3.8) is 0 Å². The molecule has 1 amide bonds. The van der Waals surface area contributed by atoms with Crippen molar-refractivity contribution in [2.75, 3.05) is 38.6 Å². The highest BCUT2D eigenvalue weighted by molar-refractivity contribution is 5.93. The molecule has 1 saturated heterocycles. The monoisotopic (exact) mass is 291 g/mol. The van der Waals surface area contributed by atoms with E-state index in [0.29, 0.717) is 18.3 Å². The molecule has 2 N–H and O–H groups in total. The van der Waals surface area contributed by atoms with Crippen LogP contribution in [0.1, 0.15) is 19.8 Å². The van der Waals surface area contributed by atoms with Crippen LogP contribution in [0, 0.1) is 0 Å². The fraction of sp³-hybridized carbons (Fsp3) is 0.562. The highest BCUT2D eigenvalue weighted by Crippen LogP contribution is 2.23. The molecule has 1 aromatic carbocycles. The molecule has 0 aromatic heterocycles. The summed E-state index contributed by atoms with van der Waals surface area (Å²) in [5.41, 5.74) is 0.725. The molecule has 1 unspecified atom stereocenters. The zero-order valence-electron chi connectivity index (χ0n) is 12.9. The normalized spacial score (nSPS) is 18.5. The van der Waals surface area contributed by atoms with Gasteiger partial charge in [0.2, 0.25) is 5.91 Å². The third-order valence-corrected chi connectivity index (χ3v) is 3.92. The third-order valence-electron chi connectivity index (χ3n) is 3.92. The lowest BCUT2D eigenvalue weighted by molar-refractivity contribution is -0.117. The van der Waals surface area contributed by atoms with Gasteiger partial charge < -0.3 is 15.4 Å². The van der Waals surface area contributed by atoms with E-state index in [4.69, 9.17) is 4.74 Å². The molecule has 1 aliphatic heterocycles. The van der Waals surface area contributed by atoms with Gasteiger partial charge in [-0.2, -0.15) is 0 Å². The predicted molar refractivity (Wildman–Crippen MR) is 84.8 cm³/mol. The van der Waals surface area contributed by atoms with E-state index in [1.54, 1.807) is 7.11 Å². The smallest absolute Gasteiger partial charge is 0.238 e. The Hall–Kier alpha value is -1.59. The predicted octanol–water partition coefficient (Wildman–Crippen LogP) is 1.71. The van der Waals surface area contributed by atoms with Crippen LogP contribution < -0.4 is 15.4 Å². The van der Waals surface area contributed by atoms with Crippen LogP contribution in [-0.4, -0.2) is 50.1 Å². The molecule has 1 fully saturated rings. The Morgan fingerprint density at radius 1 is 1.48 bits per heavy atom. The van der Waals surface area contributed by atoms with Crippen LogP contribution >= 0.6 is 0 Å². The van der Waals surface area contributed by atoms with E-state index < -0.39 is 0 Å². The van der Waals surface area contributed by atoms with Crippen molar-refractivity contribution in [2.45, 2.75) is 25.8 Å². The molecule has 1 aliphatic rings. The Kier molecular flexibility index (Phi) is 6.02. The number of nitrogens with one attached hydrogen (secondary N) is 2. The first kappa shape index (κ1) is 15.8. The number of hydrogen-bond acceptors (Lipinski definition) is 4. The number of carbonyl (C=O) groups is 1. The molecule has 5 nitrogen and oxygen atoms in total. The molecule has 116 valence electrons. The van der Waals surface area contributed by atoms with E-state index in [1.165, 1.54) is 6.42 Å². The van der Waals surface area contributed by atoms with Crippen molar-refractivity contribution < 1.29 is 9.53 Å². The fourth-order valence-electron chi connectivity index (χ4n) is 2.77. The maximum Gasteiger partial charge on any atom is 0.238 e. The average Bonchev–Trinajstić information content (AvgIpc) is 2.54. The summed E-state index contributed by atoms with van der Waals surface area (Å²) in [4.78, 5) is 14.5. The minimum absolute atomic E-state index is 0.00641. The summed E-state index contributed by atoms with van der Waals surface area (Å²) in [5, 5.41) is 6.34. The number of ether oxygens (including phenoxy) is 1. The second-order valence-corrected chi connectivity index (χ2v) is 5.31. The Morgan fingerprint density at radius 3 is 2.95 bits per heavy atom. The number of likely N-dealkylation sites (N-methyl/N-ethyl adjacent to an activating group) is 1. The minimum Gasteiger partial charge on any atom is -0.495 e. The number of para-hydroxylation sites is 2.